The van der Waals surface area contributed by atoms with Crippen molar-refractivity contribution in [2.24, 2.45) is 0 Å². The average molecular weight is 422 g/mol. The molecule has 1 atom stereocenters. The number of carbonyl (C=O) groups is 1. The topological polar surface area (TPSA) is 96.5 Å². The Balaban J connectivity index is 1.73. The lowest BCUT2D eigenvalue weighted by molar-refractivity contribution is -0.274. The fourth-order valence-corrected chi connectivity index (χ4v) is 3.85. The minimum atomic E-state index is -4.83. The van der Waals surface area contributed by atoms with Crippen LogP contribution in [0.2, 0.25) is 5.02 Å². The second kappa shape index (κ2) is 6.91. The maximum absolute atomic E-state index is 12.3. The van der Waals surface area contributed by atoms with Gasteiger partial charge in [0.1, 0.15) is 10.6 Å². The summed E-state index contributed by atoms with van der Waals surface area (Å²) in [6.07, 6.45) is -6.15. The number of hydrogen-bond acceptors (Lipinski definition) is 5. The number of nitrogens with one attached hydrogen (secondary N) is 3. The summed E-state index contributed by atoms with van der Waals surface area (Å²) in [6.45, 7) is 0. The molecule has 0 radical (unpaired) electrons. The molecule has 1 amide bonds. The molecule has 0 unspecified atom stereocenters. The first-order chi connectivity index (χ1) is 12.5. The lowest BCUT2D eigenvalue weighted by Gasteiger charge is -2.27. The van der Waals surface area contributed by atoms with Gasteiger partial charge in [-0.05, 0) is 42.5 Å². The molecule has 0 saturated heterocycles. The number of anilines is 2. The third kappa shape index (κ3) is 4.62. The zero-order valence-corrected chi connectivity index (χ0v) is 14.7. The minimum Gasteiger partial charge on any atom is -0.406 e. The summed E-state index contributed by atoms with van der Waals surface area (Å²) < 4.78 is 66.8. The maximum atomic E-state index is 12.3. The van der Waals surface area contributed by atoms with Crippen molar-refractivity contribution in [3.63, 3.8) is 0 Å². The van der Waals surface area contributed by atoms with Crippen LogP contribution < -0.4 is 20.1 Å². The van der Waals surface area contributed by atoms with Crippen molar-refractivity contribution in [1.82, 2.24) is 4.72 Å². The highest BCUT2D eigenvalue weighted by Gasteiger charge is 2.33. The van der Waals surface area contributed by atoms with E-state index in [0.29, 0.717) is 0 Å². The van der Waals surface area contributed by atoms with E-state index in [4.69, 9.17) is 11.6 Å². The highest BCUT2D eigenvalue weighted by atomic mass is 35.5. The Morgan fingerprint density at radius 2 is 1.81 bits per heavy atom. The number of sulfonamides is 1. The number of benzene rings is 2. The second-order valence-corrected chi connectivity index (χ2v) is 7.52. The molecular weight excluding hydrogens is 411 g/mol. The first kappa shape index (κ1) is 19.3. The number of fused-ring (bicyclic) bond motifs is 1. The smallest absolute Gasteiger partial charge is 0.406 e. The van der Waals surface area contributed by atoms with Crippen LogP contribution in [0.3, 0.4) is 0 Å². The predicted octanol–water partition coefficient (Wildman–Crippen LogP) is 2.91. The fraction of sp³-hybridized carbons (Fsp3) is 0.133. The molecule has 144 valence electrons. The number of amides is 1. The standard InChI is InChI=1S/C15H11ClF3N3O4S/c16-8-1-6-11-12(7-8)27(24,25)22-13(21-11)14(23)20-9-2-4-10(5-3-9)26-15(17,18)19/h1-7,13,21-22H,(H,20,23)/t13-/m1/s1. The molecule has 3 N–H and O–H groups in total. The molecule has 0 aliphatic carbocycles. The predicted molar refractivity (Wildman–Crippen MR) is 90.9 cm³/mol. The third-order valence-electron chi connectivity index (χ3n) is 3.42. The van der Waals surface area contributed by atoms with Crippen molar-refractivity contribution in [2.45, 2.75) is 17.4 Å². The average Bonchev–Trinajstić information content (AvgIpc) is 2.55. The van der Waals surface area contributed by atoms with Crippen molar-refractivity contribution in [1.29, 1.82) is 0 Å². The van der Waals surface area contributed by atoms with Crippen LogP contribution >= 0.6 is 11.6 Å². The van der Waals surface area contributed by atoms with Gasteiger partial charge in [0.15, 0.2) is 6.17 Å². The van der Waals surface area contributed by atoms with Crippen LogP contribution in [0.15, 0.2) is 47.4 Å². The monoisotopic (exact) mass is 421 g/mol. The van der Waals surface area contributed by atoms with Gasteiger partial charge in [0, 0.05) is 10.7 Å². The molecule has 27 heavy (non-hydrogen) atoms. The molecule has 2 aromatic carbocycles. The number of halogens is 4. The van der Waals surface area contributed by atoms with E-state index in [-0.39, 0.29) is 21.3 Å². The molecule has 12 heteroatoms. The van der Waals surface area contributed by atoms with Gasteiger partial charge >= 0.3 is 6.36 Å². The van der Waals surface area contributed by atoms with Crippen LogP contribution in [-0.2, 0) is 14.8 Å². The summed E-state index contributed by atoms with van der Waals surface area (Å²) in [4.78, 5) is 12.2. The fourth-order valence-electron chi connectivity index (χ4n) is 2.31. The first-order valence-corrected chi connectivity index (χ1v) is 9.15. The van der Waals surface area contributed by atoms with Gasteiger partial charge in [0.05, 0.1) is 5.69 Å². The molecular formula is C15H11ClF3N3O4S. The van der Waals surface area contributed by atoms with Crippen LogP contribution in [0, 0.1) is 0 Å². The van der Waals surface area contributed by atoms with Gasteiger partial charge in [0.25, 0.3) is 5.91 Å². The Morgan fingerprint density at radius 1 is 1.15 bits per heavy atom. The molecule has 0 bridgehead atoms. The van der Waals surface area contributed by atoms with Gasteiger partial charge in [-0.15, -0.1) is 13.2 Å². The van der Waals surface area contributed by atoms with Crippen molar-refractivity contribution in [3.05, 3.63) is 47.5 Å². The van der Waals surface area contributed by atoms with Crippen LogP contribution in [0.5, 0.6) is 5.75 Å². The van der Waals surface area contributed by atoms with Crippen molar-refractivity contribution in [2.75, 3.05) is 10.6 Å². The van der Waals surface area contributed by atoms with Crippen LogP contribution in [0.4, 0.5) is 24.5 Å². The van der Waals surface area contributed by atoms with Crippen molar-refractivity contribution in [3.8, 4) is 5.75 Å². The quantitative estimate of drug-likeness (QED) is 0.708. The van der Waals surface area contributed by atoms with E-state index in [0.717, 1.165) is 12.1 Å². The molecule has 0 aromatic heterocycles. The van der Waals surface area contributed by atoms with Crippen molar-refractivity contribution >= 4 is 38.9 Å². The van der Waals surface area contributed by atoms with E-state index in [1.165, 1.54) is 30.3 Å². The van der Waals surface area contributed by atoms with Gasteiger partial charge in [-0.3, -0.25) is 4.79 Å². The summed E-state index contributed by atoms with van der Waals surface area (Å²) >= 11 is 5.78. The summed E-state index contributed by atoms with van der Waals surface area (Å²) in [5, 5.41) is 5.31. The van der Waals surface area contributed by atoms with Gasteiger partial charge in [-0.2, -0.15) is 4.72 Å². The Bertz CT molecular complexity index is 981. The number of ether oxygens (including phenoxy) is 1. The largest absolute Gasteiger partial charge is 0.573 e. The Labute approximate surface area is 156 Å². The molecule has 2 aromatic rings. The zero-order valence-electron chi connectivity index (χ0n) is 13.2. The maximum Gasteiger partial charge on any atom is 0.573 e. The van der Waals surface area contributed by atoms with E-state index >= 15 is 0 Å². The summed E-state index contributed by atoms with van der Waals surface area (Å²) in [6, 6.07) is 8.51. The minimum absolute atomic E-state index is 0.104. The van der Waals surface area contributed by atoms with Crippen LogP contribution in [0.25, 0.3) is 0 Å². The van der Waals surface area contributed by atoms with E-state index in [1.807, 2.05) is 0 Å². The van der Waals surface area contributed by atoms with E-state index in [1.54, 1.807) is 0 Å². The van der Waals surface area contributed by atoms with E-state index in [9.17, 15) is 26.4 Å². The second-order valence-electron chi connectivity index (χ2n) is 5.40. The summed E-state index contributed by atoms with van der Waals surface area (Å²) in [5.74, 6) is -1.22. The van der Waals surface area contributed by atoms with Gasteiger partial charge in [0.2, 0.25) is 10.0 Å². The molecule has 1 aliphatic rings. The Kier molecular flexibility index (Phi) is 4.93. The van der Waals surface area contributed by atoms with Gasteiger partial charge in [-0.25, -0.2) is 8.42 Å². The SMILES string of the molecule is O=C(Nc1ccc(OC(F)(F)F)cc1)[C@@H]1Nc2ccc(Cl)cc2S(=O)(=O)N1. The molecule has 3 rings (SSSR count). The highest BCUT2D eigenvalue weighted by molar-refractivity contribution is 7.89. The molecule has 1 heterocycles. The van der Waals surface area contributed by atoms with Crippen LogP contribution in [0.1, 0.15) is 0 Å². The number of alkyl halides is 3. The Morgan fingerprint density at radius 3 is 2.44 bits per heavy atom. The van der Waals surface area contributed by atoms with E-state index < -0.39 is 34.2 Å². The molecule has 0 saturated carbocycles. The first-order valence-electron chi connectivity index (χ1n) is 7.29. The summed E-state index contributed by atoms with van der Waals surface area (Å²) in [7, 11) is -3.98. The normalized spacial score (nSPS) is 18.1. The zero-order chi connectivity index (χ0) is 19.8. The molecule has 1 aliphatic heterocycles. The molecule has 7 nitrogen and oxygen atoms in total. The third-order valence-corrected chi connectivity index (χ3v) is 5.12. The number of rotatable bonds is 3. The lowest BCUT2D eigenvalue weighted by Crippen LogP contribution is -2.51. The summed E-state index contributed by atoms with van der Waals surface area (Å²) in [5.41, 5.74) is 0.338. The Hall–Kier alpha value is -2.50. The van der Waals surface area contributed by atoms with Gasteiger partial charge < -0.3 is 15.4 Å². The molecule has 0 fully saturated rings. The van der Waals surface area contributed by atoms with Crippen molar-refractivity contribution < 1.29 is 31.1 Å². The highest BCUT2D eigenvalue weighted by Crippen LogP contribution is 2.29. The number of hydrogen-bond donors (Lipinski definition) is 3. The number of carbonyl (C=O) groups excluding carboxylic acids is 1. The molecule has 0 spiro atoms. The van der Waals surface area contributed by atoms with Crippen LogP contribution in [-0.4, -0.2) is 26.9 Å². The van der Waals surface area contributed by atoms with E-state index in [2.05, 4.69) is 20.1 Å². The lowest BCUT2D eigenvalue weighted by atomic mass is 10.2. The van der Waals surface area contributed by atoms with Gasteiger partial charge in [-0.1, -0.05) is 11.6 Å².